The first-order chi connectivity index (χ1) is 11.0. The van der Waals surface area contributed by atoms with Crippen molar-refractivity contribution in [3.63, 3.8) is 0 Å². The Hall–Kier alpha value is -1.49. The molecule has 0 amide bonds. The van der Waals surface area contributed by atoms with Crippen LogP contribution in [0.2, 0.25) is 5.02 Å². The van der Waals surface area contributed by atoms with Gasteiger partial charge in [0.1, 0.15) is 24.2 Å². The SMILES string of the molecule is CC(C)CN(Cc1ccco1)C[C@@H](O)COc1ccc(Cl)cc1. The largest absolute Gasteiger partial charge is 0.491 e. The Bertz CT molecular complexity index is 554. The van der Waals surface area contributed by atoms with Crippen LogP contribution >= 0.6 is 11.6 Å². The number of hydrogen-bond acceptors (Lipinski definition) is 4. The molecule has 1 atom stereocenters. The maximum absolute atomic E-state index is 10.3. The van der Waals surface area contributed by atoms with Crippen molar-refractivity contribution in [3.05, 3.63) is 53.4 Å². The molecule has 1 aromatic heterocycles. The summed E-state index contributed by atoms with van der Waals surface area (Å²) in [4.78, 5) is 2.18. The van der Waals surface area contributed by atoms with Crippen molar-refractivity contribution in [2.24, 2.45) is 5.92 Å². The number of aliphatic hydroxyl groups is 1. The number of aliphatic hydroxyl groups excluding tert-OH is 1. The van der Waals surface area contributed by atoms with Crippen LogP contribution in [0.3, 0.4) is 0 Å². The average molecular weight is 338 g/mol. The lowest BCUT2D eigenvalue weighted by molar-refractivity contribution is 0.0591. The van der Waals surface area contributed by atoms with Crippen molar-refractivity contribution in [3.8, 4) is 5.75 Å². The first-order valence-corrected chi connectivity index (χ1v) is 8.22. The molecular formula is C18H24ClNO3. The summed E-state index contributed by atoms with van der Waals surface area (Å²) in [6.07, 6.45) is 1.10. The number of benzene rings is 1. The van der Waals surface area contributed by atoms with Crippen LogP contribution in [-0.2, 0) is 6.54 Å². The van der Waals surface area contributed by atoms with Crippen LogP contribution in [0.4, 0.5) is 0 Å². The average Bonchev–Trinajstić information content (AvgIpc) is 2.99. The summed E-state index contributed by atoms with van der Waals surface area (Å²) in [5.41, 5.74) is 0. The van der Waals surface area contributed by atoms with Gasteiger partial charge in [0, 0.05) is 18.1 Å². The Morgan fingerprint density at radius 2 is 1.91 bits per heavy atom. The molecule has 0 bridgehead atoms. The molecule has 0 radical (unpaired) electrons. The fourth-order valence-electron chi connectivity index (χ4n) is 2.42. The van der Waals surface area contributed by atoms with Crippen LogP contribution in [0.25, 0.3) is 0 Å². The van der Waals surface area contributed by atoms with Crippen molar-refractivity contribution < 1.29 is 14.3 Å². The van der Waals surface area contributed by atoms with Gasteiger partial charge in [0.25, 0.3) is 0 Å². The number of hydrogen-bond donors (Lipinski definition) is 1. The van der Waals surface area contributed by atoms with Crippen molar-refractivity contribution in [2.45, 2.75) is 26.5 Å². The van der Waals surface area contributed by atoms with E-state index in [1.807, 2.05) is 12.1 Å². The first kappa shape index (κ1) is 17.9. The Balaban J connectivity index is 1.83. The number of halogens is 1. The third-order valence-electron chi connectivity index (χ3n) is 3.31. The second kappa shape index (κ2) is 8.96. The molecule has 0 aliphatic rings. The van der Waals surface area contributed by atoms with Gasteiger partial charge in [0.15, 0.2) is 0 Å². The van der Waals surface area contributed by atoms with E-state index in [1.165, 1.54) is 0 Å². The van der Waals surface area contributed by atoms with E-state index in [2.05, 4.69) is 18.7 Å². The maximum Gasteiger partial charge on any atom is 0.119 e. The normalized spacial score (nSPS) is 12.8. The lowest BCUT2D eigenvalue weighted by atomic mass is 10.2. The van der Waals surface area contributed by atoms with E-state index in [-0.39, 0.29) is 6.61 Å². The lowest BCUT2D eigenvalue weighted by Crippen LogP contribution is -2.37. The van der Waals surface area contributed by atoms with E-state index in [1.54, 1.807) is 30.5 Å². The van der Waals surface area contributed by atoms with E-state index in [0.29, 0.717) is 29.8 Å². The summed E-state index contributed by atoms with van der Waals surface area (Å²) in [5.74, 6) is 2.11. The molecule has 126 valence electrons. The van der Waals surface area contributed by atoms with Gasteiger partial charge >= 0.3 is 0 Å². The van der Waals surface area contributed by atoms with Gasteiger partial charge in [-0.25, -0.2) is 0 Å². The van der Waals surface area contributed by atoms with Crippen molar-refractivity contribution in [1.29, 1.82) is 0 Å². The van der Waals surface area contributed by atoms with Gasteiger partial charge in [0.05, 0.1) is 12.8 Å². The summed E-state index contributed by atoms with van der Waals surface area (Å²) in [5, 5.41) is 10.9. The van der Waals surface area contributed by atoms with E-state index in [0.717, 1.165) is 12.3 Å². The van der Waals surface area contributed by atoms with Crippen LogP contribution in [0.1, 0.15) is 19.6 Å². The van der Waals surface area contributed by atoms with Gasteiger partial charge in [-0.1, -0.05) is 25.4 Å². The topological polar surface area (TPSA) is 45.8 Å². The van der Waals surface area contributed by atoms with Crippen LogP contribution in [0.15, 0.2) is 47.1 Å². The number of rotatable bonds is 9. The van der Waals surface area contributed by atoms with Crippen molar-refractivity contribution in [1.82, 2.24) is 4.90 Å². The Morgan fingerprint density at radius 3 is 2.52 bits per heavy atom. The minimum Gasteiger partial charge on any atom is -0.491 e. The van der Waals surface area contributed by atoms with Gasteiger partial charge in [-0.3, -0.25) is 4.90 Å². The Labute approximate surface area is 142 Å². The highest BCUT2D eigenvalue weighted by atomic mass is 35.5. The van der Waals surface area contributed by atoms with Crippen LogP contribution < -0.4 is 4.74 Å². The number of nitrogens with zero attached hydrogens (tertiary/aromatic N) is 1. The molecule has 1 heterocycles. The zero-order chi connectivity index (χ0) is 16.7. The van der Waals surface area contributed by atoms with Crippen LogP contribution in [0, 0.1) is 5.92 Å². The molecule has 0 unspecified atom stereocenters. The predicted molar refractivity (Wildman–Crippen MR) is 91.8 cm³/mol. The zero-order valence-corrected chi connectivity index (χ0v) is 14.4. The summed E-state index contributed by atoms with van der Waals surface area (Å²) >= 11 is 5.84. The van der Waals surface area contributed by atoms with E-state index in [4.69, 9.17) is 20.8 Å². The fourth-order valence-corrected chi connectivity index (χ4v) is 2.54. The minimum atomic E-state index is -0.570. The number of furan rings is 1. The molecule has 1 aromatic carbocycles. The van der Waals surface area contributed by atoms with E-state index in [9.17, 15) is 5.11 Å². The highest BCUT2D eigenvalue weighted by molar-refractivity contribution is 6.30. The molecule has 0 fully saturated rings. The van der Waals surface area contributed by atoms with Gasteiger partial charge in [0.2, 0.25) is 0 Å². The molecule has 2 aromatic rings. The third-order valence-corrected chi connectivity index (χ3v) is 3.56. The monoisotopic (exact) mass is 337 g/mol. The predicted octanol–water partition coefficient (Wildman–Crippen LogP) is 3.83. The molecular weight excluding hydrogens is 314 g/mol. The molecule has 0 saturated heterocycles. The van der Waals surface area contributed by atoms with Gasteiger partial charge < -0.3 is 14.3 Å². The summed E-state index contributed by atoms with van der Waals surface area (Å²) < 4.78 is 11.0. The Kier molecular flexibility index (Phi) is 6.96. The second-order valence-corrected chi connectivity index (χ2v) is 6.52. The smallest absolute Gasteiger partial charge is 0.119 e. The summed E-state index contributed by atoms with van der Waals surface area (Å²) in [6.45, 7) is 6.67. The van der Waals surface area contributed by atoms with Crippen LogP contribution in [0.5, 0.6) is 5.75 Å². The molecule has 1 N–H and O–H groups in total. The Morgan fingerprint density at radius 1 is 1.17 bits per heavy atom. The molecule has 2 rings (SSSR count). The lowest BCUT2D eigenvalue weighted by Gasteiger charge is -2.25. The van der Waals surface area contributed by atoms with Crippen molar-refractivity contribution >= 4 is 11.6 Å². The molecule has 0 aliphatic heterocycles. The van der Waals surface area contributed by atoms with Gasteiger partial charge in [-0.15, -0.1) is 0 Å². The summed E-state index contributed by atoms with van der Waals surface area (Å²) in [7, 11) is 0. The molecule has 0 spiro atoms. The van der Waals surface area contributed by atoms with E-state index >= 15 is 0 Å². The summed E-state index contributed by atoms with van der Waals surface area (Å²) in [6, 6.07) is 11.0. The zero-order valence-electron chi connectivity index (χ0n) is 13.6. The minimum absolute atomic E-state index is 0.244. The van der Waals surface area contributed by atoms with E-state index < -0.39 is 6.10 Å². The molecule has 0 aliphatic carbocycles. The molecule has 23 heavy (non-hydrogen) atoms. The van der Waals surface area contributed by atoms with Crippen molar-refractivity contribution in [2.75, 3.05) is 19.7 Å². The quantitative estimate of drug-likeness (QED) is 0.755. The van der Waals surface area contributed by atoms with Gasteiger partial charge in [-0.05, 0) is 42.3 Å². The number of ether oxygens (including phenoxy) is 1. The van der Waals surface area contributed by atoms with Gasteiger partial charge in [-0.2, -0.15) is 0 Å². The standard InChI is InChI=1S/C18H24ClNO3/c1-14(2)10-20(12-18-4-3-9-22-18)11-16(21)13-23-17-7-5-15(19)6-8-17/h3-9,14,16,21H,10-13H2,1-2H3/t16-/m1/s1. The molecule has 5 heteroatoms. The molecule has 0 saturated carbocycles. The molecule has 4 nitrogen and oxygen atoms in total. The van der Waals surface area contributed by atoms with Crippen LogP contribution in [-0.4, -0.2) is 35.8 Å². The fraction of sp³-hybridized carbons (Fsp3) is 0.444. The highest BCUT2D eigenvalue weighted by Gasteiger charge is 2.15. The maximum atomic E-state index is 10.3. The highest BCUT2D eigenvalue weighted by Crippen LogP contribution is 2.16. The first-order valence-electron chi connectivity index (χ1n) is 7.84. The second-order valence-electron chi connectivity index (χ2n) is 6.09. The third kappa shape index (κ3) is 6.65.